The molecule has 0 aliphatic rings. The minimum atomic E-state index is -0.311. The molecular weight excluding hydrogens is 274 g/mol. The maximum absolute atomic E-state index is 10.8. The smallest absolute Gasteiger partial charge is 0.330 e. The number of esters is 1. The molecule has 1 heterocycles. The average Bonchev–Trinajstić information content (AvgIpc) is 2.56. The highest BCUT2D eigenvalue weighted by atomic mass is 16.5. The van der Waals surface area contributed by atoms with E-state index in [0.29, 0.717) is 6.61 Å². The second-order valence-electron chi connectivity index (χ2n) is 5.67. The van der Waals surface area contributed by atoms with Crippen molar-refractivity contribution in [2.24, 2.45) is 0 Å². The molecule has 0 aliphatic carbocycles. The first-order valence-electron chi connectivity index (χ1n) is 8.56. The van der Waals surface area contributed by atoms with Crippen molar-refractivity contribution in [3.63, 3.8) is 0 Å². The predicted octanol–water partition coefficient (Wildman–Crippen LogP) is 4.21. The van der Waals surface area contributed by atoms with Crippen LogP contribution in [0.3, 0.4) is 0 Å². The van der Waals surface area contributed by atoms with Gasteiger partial charge in [-0.25, -0.2) is 9.36 Å². The summed E-state index contributed by atoms with van der Waals surface area (Å²) < 4.78 is 7.19. The number of pyridine rings is 1. The quantitative estimate of drug-likeness (QED) is 0.236. The third-order valence-corrected chi connectivity index (χ3v) is 3.75. The van der Waals surface area contributed by atoms with Crippen molar-refractivity contribution in [3.8, 4) is 0 Å². The van der Waals surface area contributed by atoms with Gasteiger partial charge in [0.15, 0.2) is 12.4 Å². The standard InChI is InChI=1S/C19H30NO2/c1-2-19(21)22-18-14-9-7-5-3-4-6-8-11-15-20-16-12-10-13-17-20/h2,10,12-13,16-17H,1,3-9,11,14-15,18H2/q+1. The number of aryl methyl sites for hydroxylation is 1. The fraction of sp³-hybridized carbons (Fsp3) is 0.579. The second-order valence-corrected chi connectivity index (χ2v) is 5.67. The van der Waals surface area contributed by atoms with E-state index in [1.165, 1.54) is 51.0 Å². The van der Waals surface area contributed by atoms with E-state index in [9.17, 15) is 4.79 Å². The third kappa shape index (κ3) is 10.1. The van der Waals surface area contributed by atoms with Crippen molar-refractivity contribution in [1.29, 1.82) is 0 Å². The largest absolute Gasteiger partial charge is 0.463 e. The van der Waals surface area contributed by atoms with Gasteiger partial charge in [-0.3, -0.25) is 0 Å². The van der Waals surface area contributed by atoms with Gasteiger partial charge in [-0.2, -0.15) is 0 Å². The number of unbranched alkanes of at least 4 members (excludes halogenated alkanes) is 8. The van der Waals surface area contributed by atoms with Crippen molar-refractivity contribution in [2.75, 3.05) is 6.61 Å². The van der Waals surface area contributed by atoms with E-state index in [4.69, 9.17) is 4.74 Å². The number of aromatic nitrogens is 1. The summed E-state index contributed by atoms with van der Waals surface area (Å²) in [4.78, 5) is 10.8. The van der Waals surface area contributed by atoms with Crippen molar-refractivity contribution in [3.05, 3.63) is 43.2 Å². The van der Waals surface area contributed by atoms with Gasteiger partial charge in [0.25, 0.3) is 0 Å². The molecule has 0 amide bonds. The lowest BCUT2D eigenvalue weighted by atomic mass is 10.1. The molecule has 0 unspecified atom stereocenters. The van der Waals surface area contributed by atoms with Crippen molar-refractivity contribution >= 4 is 5.97 Å². The van der Waals surface area contributed by atoms with Gasteiger partial charge in [-0.1, -0.05) is 51.2 Å². The molecule has 0 saturated carbocycles. The fourth-order valence-electron chi connectivity index (χ4n) is 2.45. The van der Waals surface area contributed by atoms with Gasteiger partial charge < -0.3 is 4.74 Å². The molecule has 0 aliphatic heterocycles. The highest BCUT2D eigenvalue weighted by Gasteiger charge is 1.98. The monoisotopic (exact) mass is 304 g/mol. The lowest BCUT2D eigenvalue weighted by Crippen LogP contribution is -2.32. The summed E-state index contributed by atoms with van der Waals surface area (Å²) in [7, 11) is 0. The Balaban J connectivity index is 1.78. The zero-order valence-corrected chi connectivity index (χ0v) is 13.7. The molecule has 0 N–H and O–H groups in total. The summed E-state index contributed by atoms with van der Waals surface area (Å²) in [6.07, 6.45) is 16.7. The normalized spacial score (nSPS) is 10.4. The van der Waals surface area contributed by atoms with Crippen LogP contribution in [0.4, 0.5) is 0 Å². The Bertz CT molecular complexity index is 403. The van der Waals surface area contributed by atoms with Crippen LogP contribution in [0, 0.1) is 0 Å². The summed E-state index contributed by atoms with van der Waals surface area (Å²) in [5.41, 5.74) is 0. The summed E-state index contributed by atoms with van der Waals surface area (Å²) >= 11 is 0. The number of carbonyl (C=O) groups is 1. The van der Waals surface area contributed by atoms with Crippen LogP contribution in [0.1, 0.15) is 57.8 Å². The molecule has 0 spiro atoms. The Hall–Kier alpha value is -1.64. The molecule has 1 aromatic heterocycles. The maximum Gasteiger partial charge on any atom is 0.330 e. The first kappa shape index (κ1) is 18.4. The summed E-state index contributed by atoms with van der Waals surface area (Å²) in [6.45, 7) is 5.03. The van der Waals surface area contributed by atoms with Gasteiger partial charge in [0.2, 0.25) is 0 Å². The van der Waals surface area contributed by atoms with Crippen LogP contribution >= 0.6 is 0 Å². The molecule has 122 valence electrons. The Morgan fingerprint density at radius 1 is 0.864 bits per heavy atom. The highest BCUT2D eigenvalue weighted by molar-refractivity contribution is 5.81. The Morgan fingerprint density at radius 3 is 2.00 bits per heavy atom. The zero-order chi connectivity index (χ0) is 15.9. The molecule has 0 saturated heterocycles. The minimum absolute atomic E-state index is 0.311. The molecule has 0 atom stereocenters. The van der Waals surface area contributed by atoms with Crippen molar-refractivity contribution in [2.45, 2.75) is 64.3 Å². The van der Waals surface area contributed by atoms with Gasteiger partial charge in [-0.15, -0.1) is 0 Å². The lowest BCUT2D eigenvalue weighted by Gasteiger charge is -2.03. The number of carbonyl (C=O) groups excluding carboxylic acids is 1. The topological polar surface area (TPSA) is 30.2 Å². The van der Waals surface area contributed by atoms with Crippen LogP contribution in [-0.2, 0) is 16.1 Å². The van der Waals surface area contributed by atoms with Gasteiger partial charge in [0.1, 0.15) is 6.54 Å². The SMILES string of the molecule is C=CC(=O)OCCCCCCCCCCC[n+]1ccccc1. The first-order valence-corrected chi connectivity index (χ1v) is 8.56. The number of ether oxygens (including phenoxy) is 1. The molecule has 3 nitrogen and oxygen atoms in total. The lowest BCUT2D eigenvalue weighted by molar-refractivity contribution is -0.697. The van der Waals surface area contributed by atoms with Gasteiger partial charge in [0, 0.05) is 24.6 Å². The van der Waals surface area contributed by atoms with Crippen LogP contribution in [-0.4, -0.2) is 12.6 Å². The van der Waals surface area contributed by atoms with Gasteiger partial charge >= 0.3 is 5.97 Å². The number of hydrogen-bond donors (Lipinski definition) is 0. The molecule has 3 heteroatoms. The minimum Gasteiger partial charge on any atom is -0.463 e. The van der Waals surface area contributed by atoms with Crippen LogP contribution in [0.5, 0.6) is 0 Å². The number of rotatable bonds is 13. The summed E-state index contributed by atoms with van der Waals surface area (Å²) in [6, 6.07) is 6.22. The van der Waals surface area contributed by atoms with E-state index in [1.807, 2.05) is 0 Å². The van der Waals surface area contributed by atoms with Crippen molar-refractivity contribution < 1.29 is 14.1 Å². The van der Waals surface area contributed by atoms with Crippen LogP contribution < -0.4 is 4.57 Å². The Labute approximate surface area is 135 Å². The molecule has 0 radical (unpaired) electrons. The molecule has 0 aromatic carbocycles. The summed E-state index contributed by atoms with van der Waals surface area (Å²) in [5.74, 6) is -0.311. The van der Waals surface area contributed by atoms with E-state index in [-0.39, 0.29) is 5.97 Å². The number of nitrogens with zero attached hydrogens (tertiary/aromatic N) is 1. The van der Waals surface area contributed by atoms with Crippen LogP contribution in [0.25, 0.3) is 0 Å². The molecule has 1 rings (SSSR count). The van der Waals surface area contributed by atoms with E-state index < -0.39 is 0 Å². The van der Waals surface area contributed by atoms with E-state index >= 15 is 0 Å². The zero-order valence-electron chi connectivity index (χ0n) is 13.7. The average molecular weight is 304 g/mol. The van der Waals surface area contributed by atoms with Crippen LogP contribution in [0.2, 0.25) is 0 Å². The Kier molecular flexibility index (Phi) is 10.9. The Morgan fingerprint density at radius 2 is 1.41 bits per heavy atom. The van der Waals surface area contributed by atoms with E-state index in [0.717, 1.165) is 19.4 Å². The fourth-order valence-corrected chi connectivity index (χ4v) is 2.45. The van der Waals surface area contributed by atoms with Gasteiger partial charge in [0.05, 0.1) is 6.61 Å². The molecule has 22 heavy (non-hydrogen) atoms. The highest BCUT2D eigenvalue weighted by Crippen LogP contribution is 2.09. The van der Waals surface area contributed by atoms with Gasteiger partial charge in [-0.05, 0) is 12.8 Å². The third-order valence-electron chi connectivity index (χ3n) is 3.75. The van der Waals surface area contributed by atoms with E-state index in [1.54, 1.807) is 0 Å². The first-order chi connectivity index (χ1) is 10.8. The van der Waals surface area contributed by atoms with Crippen LogP contribution in [0.15, 0.2) is 43.2 Å². The van der Waals surface area contributed by atoms with E-state index in [2.05, 4.69) is 41.7 Å². The molecule has 0 bridgehead atoms. The second kappa shape index (κ2) is 13.1. The number of hydrogen-bond acceptors (Lipinski definition) is 2. The summed E-state index contributed by atoms with van der Waals surface area (Å²) in [5, 5.41) is 0. The molecular formula is C19H30NO2+. The van der Waals surface area contributed by atoms with Crippen molar-refractivity contribution in [1.82, 2.24) is 0 Å². The molecule has 1 aromatic rings. The maximum atomic E-state index is 10.8. The predicted molar refractivity (Wildman–Crippen MR) is 89.3 cm³/mol. The molecule has 0 fully saturated rings.